The number of amides is 1. The lowest BCUT2D eigenvalue weighted by Crippen LogP contribution is -2.18. The fourth-order valence-electron chi connectivity index (χ4n) is 2.47. The van der Waals surface area contributed by atoms with Gasteiger partial charge < -0.3 is 4.90 Å². The highest BCUT2D eigenvalue weighted by Crippen LogP contribution is 2.25. The predicted molar refractivity (Wildman–Crippen MR) is 99.3 cm³/mol. The number of nitrogens with one attached hydrogen (secondary N) is 1. The Balaban J connectivity index is 1.77. The molecular formula is C19H18FN3OS. The Labute approximate surface area is 150 Å². The summed E-state index contributed by atoms with van der Waals surface area (Å²) in [5, 5.41) is 5.21. The fraction of sp³-hybridized carbons (Fsp3) is 0.158. The van der Waals surface area contributed by atoms with Gasteiger partial charge in [0.1, 0.15) is 5.82 Å². The lowest BCUT2D eigenvalue weighted by molar-refractivity contribution is 0.102. The molecule has 0 fully saturated rings. The number of carbonyl (C=O) groups excluding carboxylic acids is 1. The summed E-state index contributed by atoms with van der Waals surface area (Å²) in [5.74, 6) is -0.470. The SMILES string of the molecule is CN(C)Cc1ccccc1C(=O)Nc1nc(-c2ccc(F)cc2)cs1. The Morgan fingerprint density at radius 1 is 1.16 bits per heavy atom. The Bertz CT molecular complexity index is 874. The van der Waals surface area contributed by atoms with E-state index in [0.717, 1.165) is 11.1 Å². The maximum Gasteiger partial charge on any atom is 0.257 e. The summed E-state index contributed by atoms with van der Waals surface area (Å²) in [6.45, 7) is 0.683. The Hall–Kier alpha value is -2.57. The standard InChI is InChI=1S/C19H18FN3OS/c1-23(2)11-14-5-3-4-6-16(14)18(24)22-19-21-17(12-25-19)13-7-9-15(20)10-8-13/h3-10,12H,11H2,1-2H3,(H,21,22,24). The van der Waals surface area contributed by atoms with Crippen LogP contribution in [-0.4, -0.2) is 29.9 Å². The number of thiazole rings is 1. The van der Waals surface area contributed by atoms with Crippen molar-refractivity contribution in [3.63, 3.8) is 0 Å². The Morgan fingerprint density at radius 3 is 2.60 bits per heavy atom. The summed E-state index contributed by atoms with van der Waals surface area (Å²) in [6, 6.07) is 13.6. The van der Waals surface area contributed by atoms with Crippen molar-refractivity contribution in [2.45, 2.75) is 6.54 Å². The molecule has 25 heavy (non-hydrogen) atoms. The molecule has 0 unspecified atom stereocenters. The van der Waals surface area contributed by atoms with E-state index in [-0.39, 0.29) is 11.7 Å². The van der Waals surface area contributed by atoms with Gasteiger partial charge in [-0.25, -0.2) is 9.37 Å². The van der Waals surface area contributed by atoms with E-state index in [1.54, 1.807) is 12.1 Å². The minimum absolute atomic E-state index is 0.183. The molecule has 0 aliphatic heterocycles. The smallest absolute Gasteiger partial charge is 0.257 e. The summed E-state index contributed by atoms with van der Waals surface area (Å²) in [4.78, 5) is 19.0. The third-order valence-corrected chi connectivity index (χ3v) is 4.37. The summed E-state index contributed by atoms with van der Waals surface area (Å²) in [7, 11) is 3.93. The number of hydrogen-bond donors (Lipinski definition) is 1. The molecule has 0 spiro atoms. The zero-order chi connectivity index (χ0) is 17.8. The van der Waals surface area contributed by atoms with Crippen LogP contribution in [0.3, 0.4) is 0 Å². The van der Waals surface area contributed by atoms with Crippen molar-refractivity contribution in [3.05, 3.63) is 70.9 Å². The molecule has 6 heteroatoms. The first-order valence-corrected chi connectivity index (χ1v) is 8.66. The molecule has 2 aromatic carbocycles. The lowest BCUT2D eigenvalue weighted by Gasteiger charge is -2.13. The van der Waals surface area contributed by atoms with Gasteiger partial charge in [-0.15, -0.1) is 11.3 Å². The first-order chi connectivity index (χ1) is 12.0. The molecule has 0 bridgehead atoms. The van der Waals surface area contributed by atoms with Gasteiger partial charge in [0.25, 0.3) is 5.91 Å². The number of benzene rings is 2. The van der Waals surface area contributed by atoms with Gasteiger partial charge in [-0.1, -0.05) is 18.2 Å². The number of nitrogens with zero attached hydrogens (tertiary/aromatic N) is 2. The maximum absolute atomic E-state index is 13.0. The van der Waals surface area contributed by atoms with E-state index >= 15 is 0 Å². The van der Waals surface area contributed by atoms with Gasteiger partial charge in [-0.05, 0) is 50.0 Å². The van der Waals surface area contributed by atoms with E-state index in [2.05, 4.69) is 10.3 Å². The Kier molecular flexibility index (Phi) is 5.21. The van der Waals surface area contributed by atoms with E-state index in [4.69, 9.17) is 0 Å². The summed E-state index contributed by atoms with van der Waals surface area (Å²) in [5.41, 5.74) is 3.11. The number of rotatable bonds is 5. The normalized spacial score (nSPS) is 10.9. The van der Waals surface area contributed by atoms with Crippen molar-refractivity contribution < 1.29 is 9.18 Å². The topological polar surface area (TPSA) is 45.2 Å². The lowest BCUT2D eigenvalue weighted by atomic mass is 10.1. The van der Waals surface area contributed by atoms with Crippen molar-refractivity contribution in [2.24, 2.45) is 0 Å². The first-order valence-electron chi connectivity index (χ1n) is 7.78. The summed E-state index contributed by atoms with van der Waals surface area (Å²) >= 11 is 1.34. The van der Waals surface area contributed by atoms with Crippen molar-refractivity contribution in [1.29, 1.82) is 0 Å². The molecule has 0 atom stereocenters. The number of carbonyl (C=O) groups is 1. The summed E-state index contributed by atoms with van der Waals surface area (Å²) in [6.07, 6.45) is 0. The Morgan fingerprint density at radius 2 is 1.88 bits per heavy atom. The van der Waals surface area contributed by atoms with Gasteiger partial charge in [0.05, 0.1) is 5.69 Å². The maximum atomic E-state index is 13.0. The number of halogens is 1. The third-order valence-electron chi connectivity index (χ3n) is 3.61. The zero-order valence-electron chi connectivity index (χ0n) is 14.0. The molecule has 128 valence electrons. The van der Waals surface area contributed by atoms with Gasteiger partial charge in [-0.2, -0.15) is 0 Å². The molecule has 1 heterocycles. The molecule has 4 nitrogen and oxygen atoms in total. The minimum Gasteiger partial charge on any atom is -0.305 e. The van der Waals surface area contributed by atoms with Crippen LogP contribution >= 0.6 is 11.3 Å². The van der Waals surface area contributed by atoms with E-state index in [0.29, 0.717) is 22.9 Å². The number of hydrogen-bond acceptors (Lipinski definition) is 4. The first kappa shape index (κ1) is 17.3. The van der Waals surface area contributed by atoms with Gasteiger partial charge in [0, 0.05) is 23.1 Å². The van der Waals surface area contributed by atoms with Gasteiger partial charge in [0.15, 0.2) is 5.13 Å². The molecule has 1 amide bonds. The zero-order valence-corrected chi connectivity index (χ0v) is 14.8. The quantitative estimate of drug-likeness (QED) is 0.744. The number of aromatic nitrogens is 1. The molecule has 1 aromatic heterocycles. The van der Waals surface area contributed by atoms with Crippen molar-refractivity contribution in [1.82, 2.24) is 9.88 Å². The van der Waals surface area contributed by atoms with Crippen LogP contribution in [0.5, 0.6) is 0 Å². The van der Waals surface area contributed by atoms with Crippen molar-refractivity contribution in [3.8, 4) is 11.3 Å². The predicted octanol–water partition coefficient (Wildman–Crippen LogP) is 4.26. The molecule has 3 rings (SSSR count). The van der Waals surface area contributed by atoms with Crippen molar-refractivity contribution >= 4 is 22.4 Å². The monoisotopic (exact) mass is 355 g/mol. The fourth-order valence-corrected chi connectivity index (χ4v) is 3.18. The third kappa shape index (κ3) is 4.29. The highest BCUT2D eigenvalue weighted by Gasteiger charge is 2.14. The van der Waals surface area contributed by atoms with Gasteiger partial charge in [-0.3, -0.25) is 10.1 Å². The molecule has 0 saturated heterocycles. The van der Waals surface area contributed by atoms with Gasteiger partial charge in [0.2, 0.25) is 0 Å². The largest absolute Gasteiger partial charge is 0.305 e. The van der Waals surface area contributed by atoms with Crippen LogP contribution < -0.4 is 5.32 Å². The van der Waals surface area contributed by atoms with E-state index < -0.39 is 0 Å². The molecule has 0 saturated carbocycles. The number of anilines is 1. The van der Waals surface area contributed by atoms with Crippen LogP contribution in [0.1, 0.15) is 15.9 Å². The molecular weight excluding hydrogens is 337 g/mol. The average molecular weight is 355 g/mol. The van der Waals surface area contributed by atoms with Crippen LogP contribution in [0.4, 0.5) is 9.52 Å². The highest BCUT2D eigenvalue weighted by atomic mass is 32.1. The highest BCUT2D eigenvalue weighted by molar-refractivity contribution is 7.14. The second-order valence-electron chi connectivity index (χ2n) is 5.89. The minimum atomic E-state index is -0.287. The average Bonchev–Trinajstić information content (AvgIpc) is 3.04. The second kappa shape index (κ2) is 7.55. The second-order valence-corrected chi connectivity index (χ2v) is 6.75. The molecule has 0 aliphatic carbocycles. The van der Waals surface area contributed by atoms with Crippen LogP contribution in [0.15, 0.2) is 53.9 Å². The van der Waals surface area contributed by atoms with Crippen LogP contribution in [0.2, 0.25) is 0 Å². The molecule has 1 N–H and O–H groups in total. The van der Waals surface area contributed by atoms with Crippen molar-refractivity contribution in [2.75, 3.05) is 19.4 Å². The van der Waals surface area contributed by atoms with Crippen LogP contribution in [-0.2, 0) is 6.54 Å². The van der Waals surface area contributed by atoms with Gasteiger partial charge >= 0.3 is 0 Å². The van der Waals surface area contributed by atoms with Crippen LogP contribution in [0, 0.1) is 5.82 Å². The molecule has 0 radical (unpaired) electrons. The van der Waals surface area contributed by atoms with E-state index in [9.17, 15) is 9.18 Å². The molecule has 0 aliphatic rings. The van der Waals surface area contributed by atoms with E-state index in [1.165, 1.54) is 23.5 Å². The van der Waals surface area contributed by atoms with E-state index in [1.807, 2.05) is 48.6 Å². The summed E-state index contributed by atoms with van der Waals surface area (Å²) < 4.78 is 13.0. The van der Waals surface area contributed by atoms with Crippen LogP contribution in [0.25, 0.3) is 11.3 Å². The molecule has 3 aromatic rings.